The van der Waals surface area contributed by atoms with Crippen LogP contribution in [0.2, 0.25) is 0 Å². The van der Waals surface area contributed by atoms with Gasteiger partial charge in [0.2, 0.25) is 0 Å². The Hall–Kier alpha value is -1.36. The molecule has 5 nitrogen and oxygen atoms in total. The third-order valence-electron chi connectivity index (χ3n) is 4.48. The van der Waals surface area contributed by atoms with Crippen LogP contribution in [0.3, 0.4) is 0 Å². The lowest BCUT2D eigenvalue weighted by Gasteiger charge is -2.25. The SMILES string of the molecule is C=C(C(=O)OC1CCCCC1)C(O)C(=O)OC1CCCCC1. The lowest BCUT2D eigenvalue weighted by molar-refractivity contribution is -0.161. The van der Waals surface area contributed by atoms with Gasteiger partial charge in [-0.25, -0.2) is 9.59 Å². The summed E-state index contributed by atoms with van der Waals surface area (Å²) in [5.74, 6) is -1.49. The average molecular weight is 310 g/mol. The number of esters is 2. The van der Waals surface area contributed by atoms with E-state index in [0.29, 0.717) is 0 Å². The number of carbonyl (C=O) groups excluding carboxylic acids is 2. The molecule has 0 aromatic heterocycles. The van der Waals surface area contributed by atoms with E-state index in [2.05, 4.69) is 6.58 Å². The number of aliphatic hydroxyl groups is 1. The molecule has 2 saturated carbocycles. The highest BCUT2D eigenvalue weighted by molar-refractivity contribution is 5.96. The Morgan fingerprint density at radius 2 is 1.32 bits per heavy atom. The molecule has 0 heterocycles. The highest BCUT2D eigenvalue weighted by atomic mass is 16.6. The summed E-state index contributed by atoms with van der Waals surface area (Å²) in [5.41, 5.74) is -0.230. The maximum absolute atomic E-state index is 12.0. The van der Waals surface area contributed by atoms with Gasteiger partial charge in [0, 0.05) is 0 Å². The molecule has 1 N–H and O–H groups in total. The van der Waals surface area contributed by atoms with Crippen LogP contribution < -0.4 is 0 Å². The normalized spacial score (nSPS) is 21.9. The molecule has 0 aliphatic heterocycles. The number of ether oxygens (including phenoxy) is 2. The molecule has 22 heavy (non-hydrogen) atoms. The summed E-state index contributed by atoms with van der Waals surface area (Å²) in [6, 6.07) is 0. The summed E-state index contributed by atoms with van der Waals surface area (Å²) in [5, 5.41) is 9.94. The summed E-state index contributed by atoms with van der Waals surface area (Å²) in [4.78, 5) is 23.9. The van der Waals surface area contributed by atoms with Crippen LogP contribution in [-0.2, 0) is 19.1 Å². The van der Waals surface area contributed by atoms with Crippen molar-refractivity contribution < 1.29 is 24.2 Å². The van der Waals surface area contributed by atoms with E-state index in [0.717, 1.165) is 64.2 Å². The molecule has 0 aromatic carbocycles. The second-order valence-corrected chi connectivity index (χ2v) is 6.29. The van der Waals surface area contributed by atoms with Crippen LogP contribution in [0.15, 0.2) is 12.2 Å². The minimum Gasteiger partial charge on any atom is -0.460 e. The number of hydrogen-bond donors (Lipinski definition) is 1. The van der Waals surface area contributed by atoms with Gasteiger partial charge in [-0.15, -0.1) is 0 Å². The highest BCUT2D eigenvalue weighted by Crippen LogP contribution is 2.23. The Balaban J connectivity index is 1.78. The fourth-order valence-electron chi connectivity index (χ4n) is 3.08. The number of hydrogen-bond acceptors (Lipinski definition) is 5. The molecule has 0 radical (unpaired) electrons. The van der Waals surface area contributed by atoms with E-state index in [1.807, 2.05) is 0 Å². The Labute approximate surface area is 131 Å². The van der Waals surface area contributed by atoms with Crippen LogP contribution in [0, 0.1) is 0 Å². The largest absolute Gasteiger partial charge is 0.460 e. The van der Waals surface area contributed by atoms with Crippen molar-refractivity contribution in [3.05, 3.63) is 12.2 Å². The number of aliphatic hydroxyl groups excluding tert-OH is 1. The summed E-state index contributed by atoms with van der Waals surface area (Å²) >= 11 is 0. The molecule has 2 aliphatic carbocycles. The molecule has 0 amide bonds. The Morgan fingerprint density at radius 3 is 1.82 bits per heavy atom. The van der Waals surface area contributed by atoms with E-state index in [1.54, 1.807) is 0 Å². The molecule has 0 spiro atoms. The van der Waals surface area contributed by atoms with E-state index in [4.69, 9.17) is 9.47 Å². The van der Waals surface area contributed by atoms with Crippen molar-refractivity contribution in [1.82, 2.24) is 0 Å². The fourth-order valence-corrected chi connectivity index (χ4v) is 3.08. The molecule has 1 unspecified atom stereocenters. The van der Waals surface area contributed by atoms with Gasteiger partial charge in [0.15, 0.2) is 6.10 Å². The minimum atomic E-state index is -1.63. The van der Waals surface area contributed by atoms with Crippen LogP contribution in [0.4, 0.5) is 0 Å². The third-order valence-corrected chi connectivity index (χ3v) is 4.48. The minimum absolute atomic E-state index is 0.125. The summed E-state index contributed by atoms with van der Waals surface area (Å²) in [6.45, 7) is 3.51. The van der Waals surface area contributed by atoms with Crippen LogP contribution >= 0.6 is 0 Å². The van der Waals surface area contributed by atoms with E-state index < -0.39 is 18.0 Å². The molecule has 1 atom stereocenters. The molecule has 2 rings (SSSR count). The van der Waals surface area contributed by atoms with E-state index >= 15 is 0 Å². The summed E-state index contributed by atoms with van der Waals surface area (Å²) in [7, 11) is 0. The van der Waals surface area contributed by atoms with Gasteiger partial charge in [0.1, 0.15) is 12.2 Å². The second kappa shape index (κ2) is 8.32. The van der Waals surface area contributed by atoms with Gasteiger partial charge in [0.05, 0.1) is 5.57 Å². The first-order valence-electron chi connectivity index (χ1n) is 8.36. The lowest BCUT2D eigenvalue weighted by Crippen LogP contribution is -2.34. The third kappa shape index (κ3) is 4.83. The Morgan fingerprint density at radius 1 is 0.864 bits per heavy atom. The van der Waals surface area contributed by atoms with E-state index in [-0.39, 0.29) is 17.8 Å². The highest BCUT2D eigenvalue weighted by Gasteiger charge is 2.30. The van der Waals surface area contributed by atoms with Gasteiger partial charge in [0.25, 0.3) is 0 Å². The van der Waals surface area contributed by atoms with Crippen molar-refractivity contribution in [3.63, 3.8) is 0 Å². The standard InChI is InChI=1S/C17H26O5/c1-12(16(19)21-13-8-4-2-5-9-13)15(18)17(20)22-14-10-6-3-7-11-14/h13-15,18H,1-11H2. The van der Waals surface area contributed by atoms with Crippen molar-refractivity contribution in [2.75, 3.05) is 0 Å². The Bertz CT molecular complexity index is 405. The van der Waals surface area contributed by atoms with E-state index in [1.165, 1.54) is 0 Å². The molecular weight excluding hydrogens is 284 g/mol. The van der Waals surface area contributed by atoms with Crippen LogP contribution in [0.25, 0.3) is 0 Å². The van der Waals surface area contributed by atoms with Gasteiger partial charge in [-0.1, -0.05) is 19.4 Å². The van der Waals surface area contributed by atoms with Crippen LogP contribution in [0.1, 0.15) is 64.2 Å². The van der Waals surface area contributed by atoms with Crippen molar-refractivity contribution in [2.45, 2.75) is 82.5 Å². The average Bonchev–Trinajstić information content (AvgIpc) is 2.55. The smallest absolute Gasteiger partial charge is 0.340 e. The van der Waals surface area contributed by atoms with Crippen molar-refractivity contribution in [2.24, 2.45) is 0 Å². The first-order chi connectivity index (χ1) is 10.6. The molecule has 2 fully saturated rings. The quantitative estimate of drug-likeness (QED) is 0.624. The molecule has 0 bridgehead atoms. The second-order valence-electron chi connectivity index (χ2n) is 6.29. The first kappa shape index (κ1) is 17.0. The van der Waals surface area contributed by atoms with Gasteiger partial charge in [-0.2, -0.15) is 0 Å². The van der Waals surface area contributed by atoms with Gasteiger partial charge >= 0.3 is 11.9 Å². The maximum atomic E-state index is 12.0. The molecular formula is C17H26O5. The predicted octanol–water partition coefficient (Wildman–Crippen LogP) is 2.66. The van der Waals surface area contributed by atoms with Crippen molar-refractivity contribution in [3.8, 4) is 0 Å². The Kier molecular flexibility index (Phi) is 6.43. The zero-order valence-electron chi connectivity index (χ0n) is 13.1. The summed E-state index contributed by atoms with van der Waals surface area (Å²) < 4.78 is 10.6. The van der Waals surface area contributed by atoms with Crippen molar-refractivity contribution >= 4 is 11.9 Å². The monoisotopic (exact) mass is 310 g/mol. The van der Waals surface area contributed by atoms with Crippen LogP contribution in [0.5, 0.6) is 0 Å². The predicted molar refractivity (Wildman–Crippen MR) is 81.1 cm³/mol. The molecule has 2 aliphatic rings. The summed E-state index contributed by atoms with van der Waals surface area (Å²) in [6.07, 6.45) is 7.83. The zero-order chi connectivity index (χ0) is 15.9. The zero-order valence-corrected chi connectivity index (χ0v) is 13.1. The van der Waals surface area contributed by atoms with Crippen LogP contribution in [-0.4, -0.2) is 35.4 Å². The number of rotatable bonds is 5. The molecule has 5 heteroatoms. The van der Waals surface area contributed by atoms with E-state index in [9.17, 15) is 14.7 Å². The van der Waals surface area contributed by atoms with Crippen molar-refractivity contribution in [1.29, 1.82) is 0 Å². The molecule has 124 valence electrons. The number of carbonyl (C=O) groups is 2. The first-order valence-corrected chi connectivity index (χ1v) is 8.36. The fraction of sp³-hybridized carbons (Fsp3) is 0.765. The maximum Gasteiger partial charge on any atom is 0.340 e. The van der Waals surface area contributed by atoms with Gasteiger partial charge in [-0.3, -0.25) is 0 Å². The molecule has 0 aromatic rings. The topological polar surface area (TPSA) is 72.8 Å². The lowest BCUT2D eigenvalue weighted by atomic mass is 9.97. The van der Waals surface area contributed by atoms with Gasteiger partial charge < -0.3 is 14.6 Å². The van der Waals surface area contributed by atoms with Gasteiger partial charge in [-0.05, 0) is 51.4 Å². The molecule has 0 saturated heterocycles.